The van der Waals surface area contributed by atoms with Crippen molar-refractivity contribution in [3.05, 3.63) is 47.0 Å². The summed E-state index contributed by atoms with van der Waals surface area (Å²) in [4.78, 5) is 18.8. The largest absolute Gasteiger partial charge is 0.491 e. The molecule has 0 radical (unpaired) electrons. The molecule has 8 nitrogen and oxygen atoms in total. The number of hydrogen-bond acceptors (Lipinski definition) is 7. The van der Waals surface area contributed by atoms with E-state index in [-0.39, 0.29) is 12.2 Å². The summed E-state index contributed by atoms with van der Waals surface area (Å²) < 4.78 is 22.5. The van der Waals surface area contributed by atoms with Crippen molar-refractivity contribution in [3.8, 4) is 34.3 Å². The Labute approximate surface area is 203 Å². The van der Waals surface area contributed by atoms with Crippen LogP contribution in [0.5, 0.6) is 11.5 Å². The van der Waals surface area contributed by atoms with Crippen LogP contribution in [-0.2, 0) is 11.3 Å². The van der Waals surface area contributed by atoms with Gasteiger partial charge >= 0.3 is 6.09 Å². The van der Waals surface area contributed by atoms with Crippen LogP contribution in [0.3, 0.4) is 0 Å². The molecule has 0 atom stereocenters. The van der Waals surface area contributed by atoms with Crippen molar-refractivity contribution in [2.24, 2.45) is 0 Å². The van der Waals surface area contributed by atoms with Gasteiger partial charge in [0.05, 0.1) is 24.2 Å². The fourth-order valence-corrected chi connectivity index (χ4v) is 3.68. The first-order chi connectivity index (χ1) is 16.1. The minimum atomic E-state index is -0.571. The highest BCUT2D eigenvalue weighted by molar-refractivity contribution is 6.32. The van der Waals surface area contributed by atoms with Crippen LogP contribution in [0.4, 0.5) is 4.79 Å². The van der Waals surface area contributed by atoms with Gasteiger partial charge in [-0.1, -0.05) is 16.8 Å². The molecule has 0 saturated carbocycles. The van der Waals surface area contributed by atoms with E-state index in [1.807, 2.05) is 58.9 Å². The summed E-state index contributed by atoms with van der Waals surface area (Å²) >= 11 is 6.35. The number of ether oxygens (including phenoxy) is 3. The molecular formula is C25H28ClN3O5. The molecule has 9 heteroatoms. The molecule has 2 heterocycles. The summed E-state index contributed by atoms with van der Waals surface area (Å²) in [6.07, 6.45) is -0.361. The molecule has 2 aromatic carbocycles. The van der Waals surface area contributed by atoms with Crippen LogP contribution in [0, 0.1) is 0 Å². The number of rotatable bonds is 4. The maximum Gasteiger partial charge on any atom is 0.410 e. The lowest BCUT2D eigenvalue weighted by molar-refractivity contribution is 0.0225. The lowest BCUT2D eigenvalue weighted by atomic mass is 10.1. The van der Waals surface area contributed by atoms with Crippen LogP contribution in [0.15, 0.2) is 40.9 Å². The third-order valence-corrected chi connectivity index (χ3v) is 5.21. The van der Waals surface area contributed by atoms with Crippen molar-refractivity contribution in [2.75, 3.05) is 13.2 Å². The average molecular weight is 486 g/mol. The first kappa shape index (κ1) is 23.9. The van der Waals surface area contributed by atoms with E-state index in [4.69, 9.17) is 30.3 Å². The minimum Gasteiger partial charge on any atom is -0.491 e. The Balaban J connectivity index is 1.56. The Hall–Kier alpha value is -3.26. The van der Waals surface area contributed by atoms with Crippen molar-refractivity contribution < 1.29 is 23.5 Å². The number of nitrogens with zero attached hydrogens (tertiary/aromatic N) is 3. The van der Waals surface area contributed by atoms with Gasteiger partial charge in [-0.2, -0.15) is 4.98 Å². The molecular weight excluding hydrogens is 458 g/mol. The molecule has 0 aliphatic carbocycles. The highest BCUT2D eigenvalue weighted by Crippen LogP contribution is 2.33. The molecule has 0 fully saturated rings. The summed E-state index contributed by atoms with van der Waals surface area (Å²) in [5.41, 5.74) is 1.70. The molecule has 0 saturated heterocycles. The molecule has 180 valence electrons. The highest BCUT2D eigenvalue weighted by Gasteiger charge is 2.25. The van der Waals surface area contributed by atoms with Gasteiger partial charge in [0.1, 0.15) is 23.7 Å². The van der Waals surface area contributed by atoms with E-state index in [2.05, 4.69) is 10.1 Å². The number of fused-ring (bicyclic) bond motifs is 1. The van der Waals surface area contributed by atoms with E-state index in [1.54, 1.807) is 17.0 Å². The topological polar surface area (TPSA) is 86.9 Å². The second-order valence-electron chi connectivity index (χ2n) is 9.31. The molecule has 3 aromatic rings. The maximum absolute atomic E-state index is 12.6. The lowest BCUT2D eigenvalue weighted by Crippen LogP contribution is -2.37. The van der Waals surface area contributed by atoms with Gasteiger partial charge in [0, 0.05) is 16.7 Å². The second kappa shape index (κ2) is 9.54. The van der Waals surface area contributed by atoms with Gasteiger partial charge in [-0.3, -0.25) is 0 Å². The first-order valence-corrected chi connectivity index (χ1v) is 11.5. The van der Waals surface area contributed by atoms with Gasteiger partial charge in [-0.25, -0.2) is 4.79 Å². The molecule has 1 aromatic heterocycles. The fraction of sp³-hybridized carbons (Fsp3) is 0.400. The Bertz CT molecular complexity index is 1190. The Kier molecular flexibility index (Phi) is 6.70. The van der Waals surface area contributed by atoms with E-state index >= 15 is 0 Å². The highest BCUT2D eigenvalue weighted by atomic mass is 35.5. The minimum absolute atomic E-state index is 0.0155. The molecule has 0 unspecified atom stereocenters. The standard InChI is InChI=1S/C25H28ClN3O5/c1-15(2)32-21-9-7-17(13-19(21)26)23-27-22(28-34-23)16-6-8-20-18(12-16)14-29(10-11-31-20)24(30)33-25(3,4)5/h6-9,12-13,15H,10-11,14H2,1-5H3. The van der Waals surface area contributed by atoms with E-state index in [0.717, 1.165) is 11.1 Å². The number of hydrogen-bond donors (Lipinski definition) is 0. The van der Waals surface area contributed by atoms with Crippen molar-refractivity contribution in [2.45, 2.75) is 52.9 Å². The quantitative estimate of drug-likeness (QED) is 0.449. The van der Waals surface area contributed by atoms with Crippen LogP contribution >= 0.6 is 11.6 Å². The summed E-state index contributed by atoms with van der Waals surface area (Å²) in [6, 6.07) is 11.0. The Morgan fingerprint density at radius 3 is 2.62 bits per heavy atom. The van der Waals surface area contributed by atoms with Crippen LogP contribution in [-0.4, -0.2) is 46.0 Å². The number of benzene rings is 2. The van der Waals surface area contributed by atoms with Gasteiger partial charge in [0.25, 0.3) is 5.89 Å². The molecule has 0 N–H and O–H groups in total. The molecule has 4 rings (SSSR count). The third kappa shape index (κ3) is 5.62. The van der Waals surface area contributed by atoms with E-state index in [9.17, 15) is 4.79 Å². The molecule has 1 aliphatic rings. The van der Waals surface area contributed by atoms with E-state index in [1.165, 1.54) is 0 Å². The van der Waals surface area contributed by atoms with Crippen molar-refractivity contribution in [1.29, 1.82) is 0 Å². The third-order valence-electron chi connectivity index (χ3n) is 4.92. The van der Waals surface area contributed by atoms with Crippen LogP contribution in [0.2, 0.25) is 5.02 Å². The molecule has 1 aliphatic heterocycles. The smallest absolute Gasteiger partial charge is 0.410 e. The van der Waals surface area contributed by atoms with Gasteiger partial charge < -0.3 is 23.6 Å². The summed E-state index contributed by atoms with van der Waals surface area (Å²) in [7, 11) is 0. The van der Waals surface area contributed by atoms with E-state index in [0.29, 0.717) is 53.5 Å². The number of amides is 1. The van der Waals surface area contributed by atoms with Gasteiger partial charge in [0.2, 0.25) is 5.82 Å². The number of carbonyl (C=O) groups excluding carboxylic acids is 1. The number of halogens is 1. The first-order valence-electron chi connectivity index (χ1n) is 11.1. The summed E-state index contributed by atoms with van der Waals surface area (Å²) in [6.45, 7) is 10.6. The van der Waals surface area contributed by atoms with Crippen molar-refractivity contribution in [3.63, 3.8) is 0 Å². The second-order valence-corrected chi connectivity index (χ2v) is 9.72. The molecule has 1 amide bonds. The van der Waals surface area contributed by atoms with Gasteiger partial charge in [0.15, 0.2) is 0 Å². The maximum atomic E-state index is 12.6. The van der Waals surface area contributed by atoms with Crippen LogP contribution in [0.1, 0.15) is 40.2 Å². The zero-order chi connectivity index (χ0) is 24.5. The number of carbonyl (C=O) groups is 1. The van der Waals surface area contributed by atoms with Crippen molar-refractivity contribution in [1.82, 2.24) is 15.0 Å². The normalized spacial score (nSPS) is 13.8. The lowest BCUT2D eigenvalue weighted by Gasteiger charge is -2.26. The number of aromatic nitrogens is 2. The van der Waals surface area contributed by atoms with Crippen molar-refractivity contribution >= 4 is 17.7 Å². The van der Waals surface area contributed by atoms with Gasteiger partial charge in [-0.15, -0.1) is 0 Å². The predicted octanol–water partition coefficient (Wildman–Crippen LogP) is 5.97. The Morgan fingerprint density at radius 2 is 1.91 bits per heavy atom. The van der Waals surface area contributed by atoms with E-state index < -0.39 is 5.60 Å². The average Bonchev–Trinajstić information content (AvgIpc) is 3.14. The molecule has 34 heavy (non-hydrogen) atoms. The fourth-order valence-electron chi connectivity index (χ4n) is 3.46. The Morgan fingerprint density at radius 1 is 1.15 bits per heavy atom. The van der Waals surface area contributed by atoms with Crippen LogP contribution < -0.4 is 9.47 Å². The summed E-state index contributed by atoms with van der Waals surface area (Å²) in [5, 5.41) is 4.60. The van der Waals surface area contributed by atoms with Crippen LogP contribution in [0.25, 0.3) is 22.8 Å². The molecule has 0 bridgehead atoms. The predicted molar refractivity (Wildman–Crippen MR) is 128 cm³/mol. The summed E-state index contributed by atoms with van der Waals surface area (Å²) in [5.74, 6) is 2.07. The zero-order valence-corrected chi connectivity index (χ0v) is 20.7. The monoisotopic (exact) mass is 485 g/mol. The van der Waals surface area contributed by atoms with Gasteiger partial charge in [-0.05, 0) is 71.0 Å². The SMILES string of the molecule is CC(C)Oc1ccc(-c2nc(-c3ccc4c(c3)CN(C(=O)OC(C)(C)C)CCO4)no2)cc1Cl. The molecule has 0 spiro atoms. The zero-order valence-electron chi connectivity index (χ0n) is 19.9.